The maximum Gasteiger partial charge on any atom is 0.326 e. The van der Waals surface area contributed by atoms with Crippen LogP contribution in [0.1, 0.15) is 33.1 Å². The summed E-state index contributed by atoms with van der Waals surface area (Å²) in [6.07, 6.45) is 3.43. The van der Waals surface area contributed by atoms with Gasteiger partial charge in [0.25, 0.3) is 0 Å². The predicted octanol–water partition coefficient (Wildman–Crippen LogP) is 1.33. The predicted molar refractivity (Wildman–Crippen MR) is 56.3 cm³/mol. The van der Waals surface area contributed by atoms with Crippen molar-refractivity contribution in [2.45, 2.75) is 38.6 Å². The zero-order chi connectivity index (χ0) is 10.9. The number of piperidine rings is 1. The van der Waals surface area contributed by atoms with Crippen molar-refractivity contribution < 1.29 is 9.53 Å². The molecule has 3 nitrogen and oxygen atoms in total. The van der Waals surface area contributed by atoms with Gasteiger partial charge in [-0.1, -0.05) is 13.8 Å². The Balaban J connectivity index is 2.12. The van der Waals surface area contributed by atoms with Crippen LogP contribution in [0.2, 0.25) is 0 Å². The molecule has 0 aromatic carbocycles. The number of carbonyl (C=O) groups is 1. The number of carbonyl (C=O) groups excluding carboxylic acids is 1. The Bertz CT molecular complexity index is 343. The van der Waals surface area contributed by atoms with Gasteiger partial charge < -0.3 is 10.1 Å². The van der Waals surface area contributed by atoms with E-state index in [-0.39, 0.29) is 16.9 Å². The Morgan fingerprint density at radius 2 is 2.20 bits per heavy atom. The van der Waals surface area contributed by atoms with Crippen LogP contribution in [0, 0.1) is 16.7 Å². The summed E-state index contributed by atoms with van der Waals surface area (Å²) >= 11 is 0. The summed E-state index contributed by atoms with van der Waals surface area (Å²) in [6.45, 7) is 5.59. The zero-order valence-corrected chi connectivity index (χ0v) is 9.72. The van der Waals surface area contributed by atoms with Gasteiger partial charge in [-0.25, -0.2) is 0 Å². The van der Waals surface area contributed by atoms with Crippen molar-refractivity contribution in [1.29, 1.82) is 0 Å². The molecule has 1 saturated heterocycles. The first-order valence-electron chi connectivity index (χ1n) is 5.84. The Kier molecular flexibility index (Phi) is 1.54. The topological polar surface area (TPSA) is 38.3 Å². The zero-order valence-electron chi connectivity index (χ0n) is 9.72. The number of ether oxygens (including phenoxy) is 1. The smallest absolute Gasteiger partial charge is 0.326 e. The summed E-state index contributed by atoms with van der Waals surface area (Å²) in [6, 6.07) is 0. The second kappa shape index (κ2) is 2.40. The molecule has 1 heterocycles. The number of nitrogens with one attached hydrogen (secondary N) is 1. The molecule has 0 amide bonds. The summed E-state index contributed by atoms with van der Waals surface area (Å²) < 4.78 is 5.02. The van der Waals surface area contributed by atoms with Gasteiger partial charge in [0.05, 0.1) is 7.11 Å². The minimum atomic E-state index is -0.376. The lowest BCUT2D eigenvalue weighted by Gasteiger charge is -2.40. The average molecular weight is 209 g/mol. The quantitative estimate of drug-likeness (QED) is 0.662. The summed E-state index contributed by atoms with van der Waals surface area (Å²) in [5.74, 6) is 0.666. The van der Waals surface area contributed by atoms with Gasteiger partial charge in [-0.2, -0.15) is 0 Å². The molecule has 3 aliphatic rings. The van der Waals surface area contributed by atoms with Gasteiger partial charge in [0.2, 0.25) is 0 Å². The molecule has 4 atom stereocenters. The van der Waals surface area contributed by atoms with Gasteiger partial charge >= 0.3 is 5.97 Å². The fourth-order valence-corrected chi connectivity index (χ4v) is 4.64. The molecule has 1 aliphatic heterocycles. The van der Waals surface area contributed by atoms with E-state index in [4.69, 9.17) is 4.74 Å². The van der Waals surface area contributed by atoms with Gasteiger partial charge in [0, 0.05) is 12.0 Å². The molecule has 0 aromatic heterocycles. The minimum Gasteiger partial charge on any atom is -0.468 e. The van der Waals surface area contributed by atoms with E-state index in [0.29, 0.717) is 11.3 Å². The first kappa shape index (κ1) is 9.64. The van der Waals surface area contributed by atoms with E-state index in [1.165, 1.54) is 13.5 Å². The van der Waals surface area contributed by atoms with Gasteiger partial charge in [-0.05, 0) is 30.6 Å². The molecule has 0 unspecified atom stereocenters. The summed E-state index contributed by atoms with van der Waals surface area (Å²) in [5, 5.41) is 3.46. The highest BCUT2D eigenvalue weighted by Gasteiger charge is 2.77. The molecule has 0 spiro atoms. The lowest BCUT2D eigenvalue weighted by molar-refractivity contribution is -0.153. The van der Waals surface area contributed by atoms with Crippen LogP contribution in [-0.4, -0.2) is 25.2 Å². The number of hydrogen-bond acceptors (Lipinski definition) is 3. The molecule has 84 valence electrons. The van der Waals surface area contributed by atoms with Crippen LogP contribution in [0.25, 0.3) is 0 Å². The summed E-state index contributed by atoms with van der Waals surface area (Å²) in [5.41, 5.74) is 0.0400. The maximum absolute atomic E-state index is 12.0. The maximum atomic E-state index is 12.0. The van der Waals surface area contributed by atoms with Gasteiger partial charge in [-0.15, -0.1) is 0 Å². The third kappa shape index (κ3) is 0.718. The lowest BCUT2D eigenvalue weighted by atomic mass is 9.66. The Labute approximate surface area is 90.6 Å². The minimum absolute atomic E-state index is 0.0454. The van der Waals surface area contributed by atoms with E-state index in [2.05, 4.69) is 19.2 Å². The van der Waals surface area contributed by atoms with E-state index in [0.717, 1.165) is 19.4 Å². The highest BCUT2D eigenvalue weighted by atomic mass is 16.5. The van der Waals surface area contributed by atoms with Crippen molar-refractivity contribution in [2.75, 3.05) is 13.7 Å². The monoisotopic (exact) mass is 209 g/mol. The van der Waals surface area contributed by atoms with Crippen LogP contribution in [-0.2, 0) is 9.53 Å². The molecule has 15 heavy (non-hydrogen) atoms. The molecular weight excluding hydrogens is 190 g/mol. The van der Waals surface area contributed by atoms with Crippen molar-refractivity contribution >= 4 is 5.97 Å². The third-order valence-corrected chi connectivity index (χ3v) is 5.94. The third-order valence-electron chi connectivity index (χ3n) is 5.94. The van der Waals surface area contributed by atoms with Crippen molar-refractivity contribution in [3.8, 4) is 0 Å². The Morgan fingerprint density at radius 1 is 1.47 bits per heavy atom. The average Bonchev–Trinajstić information content (AvgIpc) is 2.70. The Hall–Kier alpha value is -0.570. The first-order chi connectivity index (χ1) is 7.00. The van der Waals surface area contributed by atoms with E-state index in [1.54, 1.807) is 0 Å². The molecule has 1 N–H and O–H groups in total. The largest absolute Gasteiger partial charge is 0.468 e. The number of hydrogen-bond donors (Lipinski definition) is 1. The van der Waals surface area contributed by atoms with Crippen LogP contribution >= 0.6 is 0 Å². The second-order valence-electron chi connectivity index (χ2n) is 5.94. The Morgan fingerprint density at radius 3 is 2.73 bits per heavy atom. The van der Waals surface area contributed by atoms with Gasteiger partial charge in [0.15, 0.2) is 0 Å². The SMILES string of the molecule is COC(=O)[C@@]12C[C@H]3CC[C@@]1(C)[C@@]3(C)CN2. The summed E-state index contributed by atoms with van der Waals surface area (Å²) in [4.78, 5) is 12.0. The van der Waals surface area contributed by atoms with Crippen LogP contribution in [0.5, 0.6) is 0 Å². The van der Waals surface area contributed by atoms with E-state index in [1.807, 2.05) is 0 Å². The summed E-state index contributed by atoms with van der Waals surface area (Å²) in [7, 11) is 1.50. The normalized spacial score (nSPS) is 56.1. The van der Waals surface area contributed by atoms with E-state index in [9.17, 15) is 4.79 Å². The molecule has 4 bridgehead atoms. The number of rotatable bonds is 1. The second-order valence-corrected chi connectivity index (χ2v) is 5.94. The molecular formula is C12H19NO2. The molecule has 2 aliphatic carbocycles. The lowest BCUT2D eigenvalue weighted by Crippen LogP contribution is -2.57. The van der Waals surface area contributed by atoms with Crippen LogP contribution in [0.15, 0.2) is 0 Å². The van der Waals surface area contributed by atoms with Crippen LogP contribution in [0.3, 0.4) is 0 Å². The van der Waals surface area contributed by atoms with Gasteiger partial charge in [0.1, 0.15) is 5.54 Å². The molecule has 3 rings (SSSR count). The van der Waals surface area contributed by atoms with E-state index >= 15 is 0 Å². The first-order valence-corrected chi connectivity index (χ1v) is 5.84. The molecule has 0 aromatic rings. The molecule has 3 fully saturated rings. The molecule has 0 radical (unpaired) electrons. The highest BCUT2D eigenvalue weighted by Crippen LogP contribution is 2.72. The standard InChI is InChI=1S/C12H19NO2/c1-10-7-13-12(9(14)15-3)6-8(10)4-5-11(10,12)2/h8,13H,4-7H2,1-3H3/t8-,10+,11+,12+/m1/s1. The highest BCUT2D eigenvalue weighted by molar-refractivity contribution is 5.84. The number of methoxy groups -OCH3 is 1. The van der Waals surface area contributed by atoms with Crippen LogP contribution in [0.4, 0.5) is 0 Å². The fraction of sp³-hybridized carbons (Fsp3) is 0.917. The molecule has 3 heteroatoms. The molecule has 2 saturated carbocycles. The van der Waals surface area contributed by atoms with Gasteiger partial charge in [-0.3, -0.25) is 4.79 Å². The van der Waals surface area contributed by atoms with Crippen molar-refractivity contribution in [3.05, 3.63) is 0 Å². The van der Waals surface area contributed by atoms with Crippen molar-refractivity contribution in [3.63, 3.8) is 0 Å². The van der Waals surface area contributed by atoms with Crippen molar-refractivity contribution in [2.24, 2.45) is 16.7 Å². The van der Waals surface area contributed by atoms with E-state index < -0.39 is 0 Å². The number of esters is 1. The van der Waals surface area contributed by atoms with Crippen LogP contribution < -0.4 is 5.32 Å². The van der Waals surface area contributed by atoms with Crippen molar-refractivity contribution in [1.82, 2.24) is 5.32 Å². The fourth-order valence-electron chi connectivity index (χ4n) is 4.64.